The fourth-order valence-electron chi connectivity index (χ4n) is 6.09. The minimum atomic E-state index is -1.09. The second-order valence-electron chi connectivity index (χ2n) is 11.0. The molecule has 2 saturated carbocycles. The molecular formula is C28H44N2O5. The van der Waals surface area contributed by atoms with Crippen molar-refractivity contribution in [1.82, 2.24) is 4.90 Å². The maximum atomic E-state index is 13.3. The van der Waals surface area contributed by atoms with E-state index in [1.165, 1.54) is 19.3 Å². The second kappa shape index (κ2) is 12.0. The first-order chi connectivity index (χ1) is 16.9. The van der Waals surface area contributed by atoms with E-state index in [1.54, 1.807) is 7.11 Å². The lowest BCUT2D eigenvalue weighted by Crippen LogP contribution is -2.49. The number of hydrogen-bond acceptors (Lipinski definition) is 6. The molecule has 7 heteroatoms. The number of benzene rings is 1. The Morgan fingerprint density at radius 3 is 2.66 bits per heavy atom. The fraction of sp³-hybridized carbons (Fsp3) is 0.750. The largest absolute Gasteiger partial charge is 0.493 e. The van der Waals surface area contributed by atoms with Crippen LogP contribution in [-0.4, -0.2) is 66.6 Å². The summed E-state index contributed by atoms with van der Waals surface area (Å²) >= 11 is 0. The number of likely N-dealkylation sites (tertiary alicyclic amines) is 1. The SMILES string of the molecule is COCCCCC(O)(c1ccccc1OCC1CCC1)[C@@H]1CCCN(C(=O)[C@H]2C[C@@H](N)[C@H](O)C2)C1. The van der Waals surface area contributed by atoms with Crippen LogP contribution in [0, 0.1) is 17.8 Å². The molecule has 196 valence electrons. The molecule has 0 radical (unpaired) electrons. The fourth-order valence-corrected chi connectivity index (χ4v) is 6.09. The summed E-state index contributed by atoms with van der Waals surface area (Å²) in [5, 5.41) is 22.4. The Balaban J connectivity index is 1.53. The average molecular weight is 489 g/mol. The number of nitrogens with zero attached hydrogens (tertiary/aromatic N) is 1. The molecule has 2 aliphatic carbocycles. The van der Waals surface area contributed by atoms with E-state index in [2.05, 4.69) is 0 Å². The highest BCUT2D eigenvalue weighted by Gasteiger charge is 2.44. The molecule has 5 atom stereocenters. The van der Waals surface area contributed by atoms with Crippen molar-refractivity contribution in [3.8, 4) is 5.75 Å². The van der Waals surface area contributed by atoms with Crippen LogP contribution in [0.2, 0.25) is 0 Å². The van der Waals surface area contributed by atoms with Gasteiger partial charge in [-0.05, 0) is 69.8 Å². The van der Waals surface area contributed by atoms with Crippen LogP contribution in [0.25, 0.3) is 0 Å². The van der Waals surface area contributed by atoms with Crippen molar-refractivity contribution in [2.45, 2.75) is 82.0 Å². The highest BCUT2D eigenvalue weighted by Crippen LogP contribution is 2.44. The lowest BCUT2D eigenvalue weighted by Gasteiger charge is -2.44. The van der Waals surface area contributed by atoms with Gasteiger partial charge in [-0.2, -0.15) is 0 Å². The number of piperidine rings is 1. The van der Waals surface area contributed by atoms with Gasteiger partial charge in [0.1, 0.15) is 5.75 Å². The standard InChI is InChI=1S/C28H44N2O5/c1-34-15-5-4-13-28(33,23-11-2-3-12-26(23)35-19-20-8-6-9-20)22-10-7-14-30(18-22)27(32)21-16-24(29)25(31)17-21/h2-3,11-12,20-22,24-25,31,33H,4-10,13-19,29H2,1H3/t21-,22+,24+,25+,28?/m0/s1. The van der Waals surface area contributed by atoms with Crippen molar-refractivity contribution in [2.24, 2.45) is 23.5 Å². The number of amides is 1. The van der Waals surface area contributed by atoms with E-state index in [-0.39, 0.29) is 23.8 Å². The van der Waals surface area contributed by atoms with E-state index < -0.39 is 11.7 Å². The Morgan fingerprint density at radius 2 is 1.97 bits per heavy atom. The van der Waals surface area contributed by atoms with Crippen molar-refractivity contribution in [2.75, 3.05) is 33.4 Å². The summed E-state index contributed by atoms with van der Waals surface area (Å²) < 4.78 is 11.5. The molecule has 35 heavy (non-hydrogen) atoms. The first kappa shape index (κ1) is 26.4. The molecule has 1 aliphatic heterocycles. The van der Waals surface area contributed by atoms with Crippen LogP contribution < -0.4 is 10.5 Å². The van der Waals surface area contributed by atoms with Gasteiger partial charge >= 0.3 is 0 Å². The van der Waals surface area contributed by atoms with Crippen LogP contribution in [0.5, 0.6) is 5.75 Å². The van der Waals surface area contributed by atoms with Crippen molar-refractivity contribution in [3.05, 3.63) is 29.8 Å². The van der Waals surface area contributed by atoms with E-state index in [4.69, 9.17) is 15.2 Å². The van der Waals surface area contributed by atoms with Gasteiger partial charge in [0.2, 0.25) is 5.91 Å². The highest BCUT2D eigenvalue weighted by atomic mass is 16.5. The summed E-state index contributed by atoms with van der Waals surface area (Å²) in [4.78, 5) is 15.2. The molecule has 3 aliphatic rings. The maximum Gasteiger partial charge on any atom is 0.225 e. The average Bonchev–Trinajstić information content (AvgIpc) is 3.18. The topological polar surface area (TPSA) is 105 Å². The third-order valence-electron chi connectivity index (χ3n) is 8.54. The monoisotopic (exact) mass is 488 g/mol. The van der Waals surface area contributed by atoms with Gasteiger partial charge in [0.15, 0.2) is 0 Å². The molecule has 1 heterocycles. The van der Waals surface area contributed by atoms with Crippen molar-refractivity contribution in [1.29, 1.82) is 0 Å². The van der Waals surface area contributed by atoms with Gasteiger partial charge in [-0.25, -0.2) is 0 Å². The molecule has 1 aromatic carbocycles. The van der Waals surface area contributed by atoms with E-state index in [0.29, 0.717) is 51.5 Å². The van der Waals surface area contributed by atoms with Crippen LogP contribution in [0.1, 0.15) is 69.8 Å². The number of unbranched alkanes of at least 4 members (excludes halogenated alkanes) is 1. The first-order valence-corrected chi connectivity index (χ1v) is 13.6. The molecule has 7 nitrogen and oxygen atoms in total. The maximum absolute atomic E-state index is 13.3. The number of hydrogen-bond donors (Lipinski definition) is 3. The molecule has 1 unspecified atom stereocenters. The molecule has 1 aromatic rings. The third kappa shape index (κ3) is 6.19. The molecular weight excluding hydrogens is 444 g/mol. The predicted molar refractivity (Wildman–Crippen MR) is 135 cm³/mol. The number of ether oxygens (including phenoxy) is 2. The van der Waals surface area contributed by atoms with E-state index >= 15 is 0 Å². The van der Waals surface area contributed by atoms with Crippen molar-refractivity contribution in [3.63, 3.8) is 0 Å². The van der Waals surface area contributed by atoms with Gasteiger partial charge in [-0.15, -0.1) is 0 Å². The van der Waals surface area contributed by atoms with Gasteiger partial charge in [0.05, 0.1) is 18.3 Å². The van der Waals surface area contributed by atoms with Crippen LogP contribution in [-0.2, 0) is 15.1 Å². The molecule has 3 fully saturated rings. The highest BCUT2D eigenvalue weighted by molar-refractivity contribution is 5.79. The number of nitrogens with two attached hydrogens (primary N) is 1. The van der Waals surface area contributed by atoms with Gasteiger partial charge in [-0.3, -0.25) is 4.79 Å². The second-order valence-corrected chi connectivity index (χ2v) is 11.0. The Bertz CT molecular complexity index is 821. The zero-order valence-corrected chi connectivity index (χ0v) is 21.2. The lowest BCUT2D eigenvalue weighted by molar-refractivity contribution is -0.141. The molecule has 0 aromatic heterocycles. The smallest absolute Gasteiger partial charge is 0.225 e. The molecule has 0 bridgehead atoms. The van der Waals surface area contributed by atoms with Crippen molar-refractivity contribution >= 4 is 5.91 Å². The summed E-state index contributed by atoms with van der Waals surface area (Å²) in [6, 6.07) is 7.58. The van der Waals surface area contributed by atoms with Crippen LogP contribution in [0.3, 0.4) is 0 Å². The molecule has 4 rings (SSSR count). The molecule has 0 spiro atoms. The van der Waals surface area contributed by atoms with E-state index in [1.807, 2.05) is 29.2 Å². The summed E-state index contributed by atoms with van der Waals surface area (Å²) in [5.41, 5.74) is 5.74. The summed E-state index contributed by atoms with van der Waals surface area (Å²) in [6.07, 6.45) is 8.05. The lowest BCUT2D eigenvalue weighted by atomic mass is 9.73. The van der Waals surface area contributed by atoms with Gasteiger partial charge in [0.25, 0.3) is 0 Å². The van der Waals surface area contributed by atoms with Crippen LogP contribution in [0.15, 0.2) is 24.3 Å². The summed E-state index contributed by atoms with van der Waals surface area (Å²) in [7, 11) is 1.70. The predicted octanol–water partition coefficient (Wildman–Crippen LogP) is 3.21. The van der Waals surface area contributed by atoms with E-state index in [9.17, 15) is 15.0 Å². The number of aliphatic hydroxyl groups excluding tert-OH is 1. The van der Waals surface area contributed by atoms with Crippen molar-refractivity contribution < 1.29 is 24.5 Å². The summed E-state index contributed by atoms with van der Waals surface area (Å²) in [6.45, 7) is 2.56. The number of carbonyl (C=O) groups excluding carboxylic acids is 1. The first-order valence-electron chi connectivity index (χ1n) is 13.6. The Morgan fingerprint density at radius 1 is 1.17 bits per heavy atom. The van der Waals surface area contributed by atoms with Gasteiger partial charge < -0.3 is 30.3 Å². The number of rotatable bonds is 11. The van der Waals surface area contributed by atoms with Crippen LogP contribution >= 0.6 is 0 Å². The zero-order chi connectivity index (χ0) is 24.8. The number of methoxy groups -OCH3 is 1. The zero-order valence-electron chi connectivity index (χ0n) is 21.2. The Hall–Kier alpha value is -1.67. The third-order valence-corrected chi connectivity index (χ3v) is 8.54. The molecule has 1 saturated heterocycles. The van der Waals surface area contributed by atoms with Crippen LogP contribution in [0.4, 0.5) is 0 Å². The Kier molecular flexibility index (Phi) is 9.08. The number of aliphatic hydroxyl groups is 2. The quantitative estimate of drug-likeness (QED) is 0.413. The molecule has 1 amide bonds. The minimum absolute atomic E-state index is 0.0675. The number of para-hydroxylation sites is 1. The minimum Gasteiger partial charge on any atom is -0.493 e. The van der Waals surface area contributed by atoms with Gasteiger partial charge in [0, 0.05) is 50.2 Å². The number of carbonyl (C=O) groups is 1. The summed E-state index contributed by atoms with van der Waals surface area (Å²) in [5.74, 6) is 1.12. The normalized spacial score (nSPS) is 29.0. The Labute approximate surface area is 210 Å². The van der Waals surface area contributed by atoms with Gasteiger partial charge in [-0.1, -0.05) is 24.6 Å². The molecule has 4 N–H and O–H groups in total. The van der Waals surface area contributed by atoms with E-state index in [0.717, 1.165) is 37.0 Å².